The number of para-hydroxylation sites is 1. The summed E-state index contributed by atoms with van der Waals surface area (Å²) in [6, 6.07) is 3.12. The van der Waals surface area contributed by atoms with Crippen molar-refractivity contribution < 1.29 is 29.1 Å². The average Bonchev–Trinajstić information content (AvgIpc) is 3.26. The Labute approximate surface area is 214 Å². The molecule has 0 aliphatic rings. The molecule has 4 amide bonds. The Morgan fingerprint density at radius 2 is 1.62 bits per heavy atom. The predicted molar refractivity (Wildman–Crippen MR) is 137 cm³/mol. The molecule has 2 rings (SSSR count). The van der Waals surface area contributed by atoms with Crippen LogP contribution in [0, 0.1) is 5.92 Å². The van der Waals surface area contributed by atoms with Crippen LogP contribution in [-0.4, -0.2) is 63.9 Å². The number of nitrogens with two attached hydrogens (primary N) is 2. The van der Waals surface area contributed by atoms with Crippen LogP contribution in [0.5, 0.6) is 0 Å². The Morgan fingerprint density at radius 3 is 2.22 bits per heavy atom. The highest BCUT2D eigenvalue weighted by Gasteiger charge is 2.33. The summed E-state index contributed by atoms with van der Waals surface area (Å²) < 4.78 is 0. The summed E-state index contributed by atoms with van der Waals surface area (Å²) in [7, 11) is 0. The van der Waals surface area contributed by atoms with E-state index < -0.39 is 53.8 Å². The molecule has 37 heavy (non-hydrogen) atoms. The van der Waals surface area contributed by atoms with E-state index in [1.54, 1.807) is 13.1 Å². The van der Waals surface area contributed by atoms with Crippen LogP contribution in [0.1, 0.15) is 45.6 Å². The fraction of sp³-hybridized carbons (Fsp3) is 0.480. The average molecular weight is 517 g/mol. The number of hydrogen-bond acceptors (Lipinski definition) is 6. The lowest BCUT2D eigenvalue weighted by atomic mass is 9.96. The Hall–Kier alpha value is -3.93. The lowest BCUT2D eigenvalue weighted by molar-refractivity contribution is -0.143. The van der Waals surface area contributed by atoms with Crippen LogP contribution >= 0.6 is 0 Å². The van der Waals surface area contributed by atoms with E-state index >= 15 is 0 Å². The Morgan fingerprint density at radius 1 is 0.973 bits per heavy atom. The minimum atomic E-state index is -1.36. The zero-order valence-corrected chi connectivity index (χ0v) is 21.2. The van der Waals surface area contributed by atoms with Crippen LogP contribution in [0.25, 0.3) is 10.9 Å². The third-order valence-corrected chi connectivity index (χ3v) is 6.23. The van der Waals surface area contributed by atoms with Gasteiger partial charge in [-0.3, -0.25) is 19.2 Å². The van der Waals surface area contributed by atoms with Crippen molar-refractivity contribution in [1.82, 2.24) is 20.9 Å². The molecule has 2 aromatic rings. The van der Waals surface area contributed by atoms with Crippen LogP contribution in [0.4, 0.5) is 0 Å². The fourth-order valence-electron chi connectivity index (χ4n) is 3.79. The number of aromatic amines is 1. The lowest BCUT2D eigenvalue weighted by Gasteiger charge is -2.28. The first kappa shape index (κ1) is 29.3. The molecule has 0 saturated heterocycles. The maximum atomic E-state index is 13.4. The van der Waals surface area contributed by atoms with Crippen LogP contribution in [0.3, 0.4) is 0 Å². The summed E-state index contributed by atoms with van der Waals surface area (Å²) in [5, 5.41) is 18.0. The van der Waals surface area contributed by atoms with E-state index in [0.717, 1.165) is 16.5 Å². The molecule has 9 N–H and O–H groups in total. The second kappa shape index (κ2) is 13.4. The molecule has 1 heterocycles. The second-order valence-electron chi connectivity index (χ2n) is 9.19. The highest BCUT2D eigenvalue weighted by atomic mass is 16.4. The van der Waals surface area contributed by atoms with Gasteiger partial charge in [0.05, 0.1) is 6.04 Å². The van der Waals surface area contributed by atoms with Crippen molar-refractivity contribution in [3.63, 3.8) is 0 Å². The quantitative estimate of drug-likeness (QED) is 0.181. The van der Waals surface area contributed by atoms with E-state index in [-0.39, 0.29) is 25.2 Å². The van der Waals surface area contributed by atoms with Crippen molar-refractivity contribution in [2.75, 3.05) is 0 Å². The number of benzene rings is 1. The normalized spacial score (nSPS) is 15.1. The predicted octanol–water partition coefficient (Wildman–Crippen LogP) is -0.0918. The van der Waals surface area contributed by atoms with Crippen molar-refractivity contribution in [3.8, 4) is 0 Å². The Bertz CT molecular complexity index is 1130. The second-order valence-corrected chi connectivity index (χ2v) is 9.19. The molecule has 5 atom stereocenters. The van der Waals surface area contributed by atoms with Gasteiger partial charge in [0.1, 0.15) is 18.1 Å². The van der Waals surface area contributed by atoms with Crippen molar-refractivity contribution in [3.05, 3.63) is 36.0 Å². The van der Waals surface area contributed by atoms with Crippen LogP contribution in [-0.2, 0) is 30.4 Å². The zero-order valence-electron chi connectivity index (χ0n) is 21.2. The van der Waals surface area contributed by atoms with E-state index in [2.05, 4.69) is 20.9 Å². The van der Waals surface area contributed by atoms with Crippen LogP contribution < -0.4 is 27.4 Å². The molecule has 12 heteroatoms. The van der Waals surface area contributed by atoms with Gasteiger partial charge in [-0.15, -0.1) is 0 Å². The molecule has 0 radical (unpaired) electrons. The summed E-state index contributed by atoms with van der Waals surface area (Å²) >= 11 is 0. The van der Waals surface area contributed by atoms with Gasteiger partial charge in [-0.25, -0.2) is 4.79 Å². The first-order valence-corrected chi connectivity index (χ1v) is 12.2. The highest BCUT2D eigenvalue weighted by molar-refractivity contribution is 5.95. The number of H-pyrrole nitrogens is 1. The van der Waals surface area contributed by atoms with Gasteiger partial charge in [-0.05, 0) is 30.9 Å². The first-order valence-electron chi connectivity index (χ1n) is 12.2. The molecular formula is C25H36N6O6. The smallest absolute Gasteiger partial charge is 0.326 e. The SMILES string of the molecule is CCC(C)C(NC(=O)C(Cc1c[nH]c2ccccc12)NC(=O)C(C)N)C(=O)NC(CCC(N)=O)C(=O)O. The number of aromatic nitrogens is 1. The molecule has 0 fully saturated rings. The molecule has 5 unspecified atom stereocenters. The maximum Gasteiger partial charge on any atom is 0.326 e. The first-order chi connectivity index (χ1) is 17.4. The third-order valence-electron chi connectivity index (χ3n) is 6.23. The molecule has 0 saturated carbocycles. The van der Waals surface area contributed by atoms with E-state index in [1.165, 1.54) is 6.92 Å². The minimum absolute atomic E-state index is 0.125. The number of fused-ring (bicyclic) bond motifs is 1. The Kier molecular flexibility index (Phi) is 10.6. The minimum Gasteiger partial charge on any atom is -0.480 e. The van der Waals surface area contributed by atoms with Gasteiger partial charge in [0.25, 0.3) is 0 Å². The number of carboxylic acid groups (broad SMARTS) is 1. The molecule has 0 aliphatic carbocycles. The van der Waals surface area contributed by atoms with Gasteiger partial charge in [-0.1, -0.05) is 38.5 Å². The summed E-state index contributed by atoms with van der Waals surface area (Å²) in [5.74, 6) is -4.27. The molecule has 1 aromatic heterocycles. The number of primary amides is 1. The molecule has 0 bridgehead atoms. The van der Waals surface area contributed by atoms with Gasteiger partial charge in [0, 0.05) is 29.9 Å². The lowest BCUT2D eigenvalue weighted by Crippen LogP contribution is -2.59. The van der Waals surface area contributed by atoms with Gasteiger partial charge >= 0.3 is 5.97 Å². The maximum absolute atomic E-state index is 13.4. The van der Waals surface area contributed by atoms with Crippen molar-refractivity contribution >= 4 is 40.5 Å². The summed E-state index contributed by atoms with van der Waals surface area (Å²) in [5.41, 5.74) is 12.4. The number of hydrogen-bond donors (Lipinski definition) is 7. The summed E-state index contributed by atoms with van der Waals surface area (Å²) in [6.07, 6.45) is 1.95. The van der Waals surface area contributed by atoms with Crippen molar-refractivity contribution in [2.45, 2.75) is 70.6 Å². The topological polar surface area (TPSA) is 210 Å². The van der Waals surface area contributed by atoms with Gasteiger partial charge < -0.3 is 37.5 Å². The largest absolute Gasteiger partial charge is 0.480 e. The number of aliphatic carboxylic acids is 1. The van der Waals surface area contributed by atoms with Gasteiger partial charge in [0.2, 0.25) is 23.6 Å². The van der Waals surface area contributed by atoms with Gasteiger partial charge in [0.15, 0.2) is 0 Å². The molecule has 1 aromatic carbocycles. The Balaban J connectivity index is 2.27. The van der Waals surface area contributed by atoms with E-state index in [1.807, 2.05) is 31.2 Å². The number of rotatable bonds is 14. The molecule has 0 aliphatic heterocycles. The fourth-order valence-corrected chi connectivity index (χ4v) is 3.79. The van der Waals surface area contributed by atoms with E-state index in [0.29, 0.717) is 6.42 Å². The molecule has 0 spiro atoms. The summed E-state index contributed by atoms with van der Waals surface area (Å²) in [4.78, 5) is 64.7. The standard InChI is InChI=1S/C25H36N6O6/c1-4-13(2)21(24(35)29-18(25(36)37)9-10-20(27)32)31-23(34)19(30-22(33)14(3)26)11-15-12-28-17-8-6-5-7-16(15)17/h5-8,12-14,18-19,21,28H,4,9-11,26H2,1-3H3,(H2,27,32)(H,29,35)(H,30,33)(H,31,34)(H,36,37). The number of carboxylic acids is 1. The van der Waals surface area contributed by atoms with Crippen molar-refractivity contribution in [2.24, 2.45) is 17.4 Å². The van der Waals surface area contributed by atoms with Crippen molar-refractivity contribution in [1.29, 1.82) is 0 Å². The number of carbonyl (C=O) groups excluding carboxylic acids is 4. The number of nitrogens with one attached hydrogen (secondary N) is 4. The van der Waals surface area contributed by atoms with E-state index in [4.69, 9.17) is 11.5 Å². The monoisotopic (exact) mass is 516 g/mol. The zero-order chi connectivity index (χ0) is 27.7. The third kappa shape index (κ3) is 8.31. The summed E-state index contributed by atoms with van der Waals surface area (Å²) in [6.45, 7) is 5.04. The van der Waals surface area contributed by atoms with Gasteiger partial charge in [-0.2, -0.15) is 0 Å². The number of amides is 4. The molecule has 12 nitrogen and oxygen atoms in total. The number of carbonyl (C=O) groups is 5. The molecular weight excluding hydrogens is 480 g/mol. The van der Waals surface area contributed by atoms with Crippen LogP contribution in [0.2, 0.25) is 0 Å². The molecule has 202 valence electrons. The van der Waals surface area contributed by atoms with E-state index in [9.17, 15) is 29.1 Å². The highest BCUT2D eigenvalue weighted by Crippen LogP contribution is 2.19. The van der Waals surface area contributed by atoms with Crippen LogP contribution in [0.15, 0.2) is 30.5 Å².